The molecule has 0 bridgehead atoms. The summed E-state index contributed by atoms with van der Waals surface area (Å²) in [5.74, 6) is -2.74. The van der Waals surface area contributed by atoms with Crippen molar-refractivity contribution in [1.82, 2.24) is 0 Å². The number of carbonyl (C=O) groups excluding carboxylic acids is 4. The standard InChI is InChI=1S/C23H35NO8/c1-11-8-16-19(15(10-24(6)7)22(28)32-16)21(31-14(4)27)23(5)18(30-13(3)26)9-17(20(11)23)29-12(2)25/h11,15-21H,8-10H2,1-7H3/p+1/t11-,15-,16+,17+,18+,19-,20-,21+,23-/m1/s1. The SMILES string of the molecule is CC(=O)O[C@H]1C[C@H](OC(C)=O)[C@]2(C)[C@@H]1[C@H](C)C[C@@H]1OC(=O)[C@H](C[NH+](C)C)[C@H]1[C@@H]2OC(C)=O. The van der Waals surface area contributed by atoms with E-state index in [2.05, 4.69) is 0 Å². The van der Waals surface area contributed by atoms with Crippen LogP contribution in [0, 0.1) is 29.1 Å². The lowest BCUT2D eigenvalue weighted by molar-refractivity contribution is -0.861. The largest absolute Gasteiger partial charge is 0.462 e. The fourth-order valence-corrected chi connectivity index (χ4v) is 6.60. The average molecular weight is 455 g/mol. The smallest absolute Gasteiger partial charge is 0.315 e. The highest BCUT2D eigenvalue weighted by Gasteiger charge is 2.68. The molecule has 2 aliphatic carbocycles. The van der Waals surface area contributed by atoms with Gasteiger partial charge in [0.05, 0.1) is 26.6 Å². The zero-order chi connectivity index (χ0) is 24.0. The lowest BCUT2D eigenvalue weighted by atomic mass is 9.66. The highest BCUT2D eigenvalue weighted by Crippen LogP contribution is 2.59. The molecule has 3 rings (SSSR count). The van der Waals surface area contributed by atoms with E-state index in [0.717, 1.165) is 4.90 Å². The minimum atomic E-state index is -0.857. The van der Waals surface area contributed by atoms with Gasteiger partial charge in [-0.3, -0.25) is 19.2 Å². The predicted molar refractivity (Wildman–Crippen MR) is 111 cm³/mol. The summed E-state index contributed by atoms with van der Waals surface area (Å²) in [5.41, 5.74) is -0.857. The van der Waals surface area contributed by atoms with Crippen LogP contribution in [-0.2, 0) is 38.1 Å². The van der Waals surface area contributed by atoms with Crippen molar-refractivity contribution in [1.29, 1.82) is 0 Å². The summed E-state index contributed by atoms with van der Waals surface area (Å²) in [6, 6.07) is 0. The van der Waals surface area contributed by atoms with Crippen molar-refractivity contribution in [3.63, 3.8) is 0 Å². The molecule has 0 unspecified atom stereocenters. The van der Waals surface area contributed by atoms with Gasteiger partial charge in [0.2, 0.25) is 0 Å². The number of quaternary nitrogens is 1. The van der Waals surface area contributed by atoms with E-state index in [0.29, 0.717) is 19.4 Å². The topological polar surface area (TPSA) is 110 Å². The maximum Gasteiger partial charge on any atom is 0.315 e. The van der Waals surface area contributed by atoms with Crippen molar-refractivity contribution in [3.05, 3.63) is 0 Å². The Balaban J connectivity index is 2.15. The molecule has 9 atom stereocenters. The second-order valence-corrected chi connectivity index (χ2v) is 10.2. The molecule has 0 radical (unpaired) electrons. The zero-order valence-electron chi connectivity index (χ0n) is 20.0. The Bertz CT molecular complexity index is 782. The summed E-state index contributed by atoms with van der Waals surface area (Å²) >= 11 is 0. The fourth-order valence-electron chi connectivity index (χ4n) is 6.60. The number of ether oxygens (including phenoxy) is 4. The quantitative estimate of drug-likeness (QED) is 0.462. The Kier molecular flexibility index (Phi) is 6.88. The van der Waals surface area contributed by atoms with E-state index in [1.54, 1.807) is 0 Å². The number of esters is 4. The molecule has 3 aliphatic rings. The molecule has 2 saturated carbocycles. The monoisotopic (exact) mass is 454 g/mol. The molecular weight excluding hydrogens is 418 g/mol. The maximum absolute atomic E-state index is 12.9. The van der Waals surface area contributed by atoms with Crippen molar-refractivity contribution in [2.75, 3.05) is 20.6 Å². The molecule has 180 valence electrons. The third kappa shape index (κ3) is 4.36. The Morgan fingerprint density at radius 2 is 1.62 bits per heavy atom. The third-order valence-corrected chi connectivity index (χ3v) is 7.45. The molecular formula is C23H36NO8+. The van der Waals surface area contributed by atoms with E-state index >= 15 is 0 Å². The van der Waals surface area contributed by atoms with E-state index in [-0.39, 0.29) is 23.7 Å². The van der Waals surface area contributed by atoms with Crippen LogP contribution in [0.15, 0.2) is 0 Å². The van der Waals surface area contributed by atoms with Gasteiger partial charge in [0.1, 0.15) is 30.3 Å². The van der Waals surface area contributed by atoms with Gasteiger partial charge in [-0.05, 0) is 12.3 Å². The second kappa shape index (κ2) is 9.00. The first-order valence-electron chi connectivity index (χ1n) is 11.4. The van der Waals surface area contributed by atoms with E-state index in [4.69, 9.17) is 18.9 Å². The van der Waals surface area contributed by atoms with Crippen LogP contribution in [-0.4, -0.2) is 68.9 Å². The van der Waals surface area contributed by atoms with Crippen molar-refractivity contribution in [2.24, 2.45) is 29.1 Å². The zero-order valence-corrected chi connectivity index (χ0v) is 20.0. The summed E-state index contributed by atoms with van der Waals surface area (Å²) in [7, 11) is 3.92. The molecule has 9 nitrogen and oxygen atoms in total. The molecule has 32 heavy (non-hydrogen) atoms. The van der Waals surface area contributed by atoms with Crippen LogP contribution in [0.25, 0.3) is 0 Å². The Morgan fingerprint density at radius 1 is 1.03 bits per heavy atom. The second-order valence-electron chi connectivity index (χ2n) is 10.2. The van der Waals surface area contributed by atoms with E-state index in [1.165, 1.54) is 20.8 Å². The fraction of sp³-hybridized carbons (Fsp3) is 0.826. The number of carbonyl (C=O) groups is 4. The summed E-state index contributed by atoms with van der Waals surface area (Å²) in [6.07, 6.45) is -1.42. The van der Waals surface area contributed by atoms with Crippen molar-refractivity contribution < 1.29 is 43.0 Å². The van der Waals surface area contributed by atoms with E-state index in [1.807, 2.05) is 27.9 Å². The molecule has 0 aromatic rings. The minimum Gasteiger partial charge on any atom is -0.462 e. The van der Waals surface area contributed by atoms with Gasteiger partial charge in [-0.25, -0.2) is 0 Å². The van der Waals surface area contributed by atoms with Crippen LogP contribution in [0.2, 0.25) is 0 Å². The maximum atomic E-state index is 12.9. The van der Waals surface area contributed by atoms with Crippen LogP contribution < -0.4 is 4.90 Å². The van der Waals surface area contributed by atoms with E-state index < -0.39 is 53.7 Å². The normalized spacial score (nSPS) is 40.7. The lowest BCUT2D eigenvalue weighted by Gasteiger charge is -2.44. The summed E-state index contributed by atoms with van der Waals surface area (Å²) < 4.78 is 23.2. The third-order valence-electron chi connectivity index (χ3n) is 7.45. The lowest BCUT2D eigenvalue weighted by Crippen LogP contribution is -3.06. The first-order valence-corrected chi connectivity index (χ1v) is 11.4. The average Bonchev–Trinajstić information content (AvgIpc) is 3.03. The molecule has 1 saturated heterocycles. The predicted octanol–water partition coefficient (Wildman–Crippen LogP) is 0.150. The van der Waals surface area contributed by atoms with Crippen LogP contribution in [0.5, 0.6) is 0 Å². The summed E-state index contributed by atoms with van der Waals surface area (Å²) in [5, 5.41) is 0. The highest BCUT2D eigenvalue weighted by molar-refractivity contribution is 5.76. The Morgan fingerprint density at radius 3 is 2.16 bits per heavy atom. The number of nitrogens with one attached hydrogen (secondary N) is 1. The molecule has 0 aromatic carbocycles. The molecule has 0 aromatic heterocycles. The van der Waals surface area contributed by atoms with Gasteiger partial charge in [0.15, 0.2) is 0 Å². The number of hydrogen-bond donors (Lipinski definition) is 1. The van der Waals surface area contributed by atoms with Gasteiger partial charge >= 0.3 is 23.9 Å². The van der Waals surface area contributed by atoms with Crippen molar-refractivity contribution in [3.8, 4) is 0 Å². The molecule has 9 heteroatoms. The van der Waals surface area contributed by atoms with Crippen LogP contribution in [0.4, 0.5) is 0 Å². The number of fused-ring (bicyclic) bond motifs is 2. The Labute approximate surface area is 189 Å². The molecule has 0 amide bonds. The first kappa shape index (κ1) is 24.5. The first-order chi connectivity index (χ1) is 14.9. The van der Waals surface area contributed by atoms with Gasteiger partial charge in [-0.2, -0.15) is 0 Å². The molecule has 1 aliphatic heterocycles. The molecule has 3 fully saturated rings. The van der Waals surface area contributed by atoms with Crippen LogP contribution in [0.1, 0.15) is 47.5 Å². The minimum absolute atomic E-state index is 0.0313. The molecule has 1 N–H and O–H groups in total. The van der Waals surface area contributed by atoms with E-state index in [9.17, 15) is 19.2 Å². The van der Waals surface area contributed by atoms with Crippen LogP contribution >= 0.6 is 0 Å². The molecule has 0 spiro atoms. The Hall–Kier alpha value is -2.16. The van der Waals surface area contributed by atoms with Gasteiger partial charge in [-0.15, -0.1) is 0 Å². The van der Waals surface area contributed by atoms with Gasteiger partial charge in [0.25, 0.3) is 0 Å². The highest BCUT2D eigenvalue weighted by atomic mass is 16.6. The van der Waals surface area contributed by atoms with Crippen LogP contribution in [0.3, 0.4) is 0 Å². The van der Waals surface area contributed by atoms with Gasteiger partial charge in [-0.1, -0.05) is 13.8 Å². The van der Waals surface area contributed by atoms with Crippen molar-refractivity contribution in [2.45, 2.75) is 71.9 Å². The number of rotatable bonds is 5. The van der Waals surface area contributed by atoms with Gasteiger partial charge in [0, 0.05) is 38.5 Å². The molecule has 1 heterocycles. The van der Waals surface area contributed by atoms with Gasteiger partial charge < -0.3 is 23.8 Å². The summed E-state index contributed by atoms with van der Waals surface area (Å²) in [4.78, 5) is 50.1. The summed E-state index contributed by atoms with van der Waals surface area (Å²) in [6.45, 7) is 8.52. The number of hydrogen-bond acceptors (Lipinski definition) is 8. The van der Waals surface area contributed by atoms with Crippen molar-refractivity contribution >= 4 is 23.9 Å².